The molecule has 6 nitrogen and oxygen atoms in total. The fourth-order valence-electron chi connectivity index (χ4n) is 4.26. The predicted molar refractivity (Wildman–Crippen MR) is 138 cm³/mol. The van der Waals surface area contributed by atoms with E-state index >= 15 is 0 Å². The van der Waals surface area contributed by atoms with Gasteiger partial charge in [-0.15, -0.1) is 0 Å². The number of para-hydroxylation sites is 2. The number of aromatic nitrogens is 2. The van der Waals surface area contributed by atoms with Crippen LogP contribution in [0.5, 0.6) is 0 Å². The van der Waals surface area contributed by atoms with E-state index in [0.717, 1.165) is 39.4 Å². The summed E-state index contributed by atoms with van der Waals surface area (Å²) in [5, 5.41) is 7.86. The Morgan fingerprint density at radius 3 is 2.57 bits per heavy atom. The van der Waals surface area contributed by atoms with Gasteiger partial charge in [0.1, 0.15) is 6.04 Å². The molecule has 0 saturated carbocycles. The number of fused-ring (bicyclic) bond motifs is 2. The Bertz CT molecular complexity index is 1480. The molecule has 0 spiro atoms. The quantitative estimate of drug-likeness (QED) is 0.319. The van der Waals surface area contributed by atoms with Gasteiger partial charge in [0.25, 0.3) is 5.91 Å². The van der Waals surface area contributed by atoms with Crippen LogP contribution in [-0.2, 0) is 17.6 Å². The zero-order valence-electron chi connectivity index (χ0n) is 19.2. The van der Waals surface area contributed by atoms with Crippen LogP contribution in [0.3, 0.4) is 0 Å². The summed E-state index contributed by atoms with van der Waals surface area (Å²) in [4.78, 5) is 34.0. The number of nitrogens with one attached hydrogen (secondary N) is 3. The van der Waals surface area contributed by atoms with Crippen LogP contribution < -0.4 is 10.6 Å². The zero-order chi connectivity index (χ0) is 24.0. The fraction of sp³-hybridized carbons (Fsp3) is 0.138. The Morgan fingerprint density at radius 2 is 1.69 bits per heavy atom. The molecule has 0 aliphatic heterocycles. The molecule has 0 saturated heterocycles. The number of carbonyl (C=O) groups is 2. The van der Waals surface area contributed by atoms with Crippen LogP contribution in [0.15, 0.2) is 97.3 Å². The summed E-state index contributed by atoms with van der Waals surface area (Å²) in [6.45, 7) is 0.487. The van der Waals surface area contributed by atoms with E-state index in [1.165, 1.54) is 0 Å². The number of H-pyrrole nitrogens is 1. The molecule has 5 aromatic rings. The van der Waals surface area contributed by atoms with Crippen molar-refractivity contribution in [3.63, 3.8) is 0 Å². The second-order valence-electron chi connectivity index (χ2n) is 8.53. The van der Waals surface area contributed by atoms with E-state index in [9.17, 15) is 9.59 Å². The lowest BCUT2D eigenvalue weighted by atomic mass is 10.0. The molecule has 0 fully saturated rings. The summed E-state index contributed by atoms with van der Waals surface area (Å²) in [7, 11) is 0. The Labute approximate surface area is 203 Å². The normalized spacial score (nSPS) is 11.9. The number of amides is 2. The summed E-state index contributed by atoms with van der Waals surface area (Å²) in [6, 6.07) is 26.6. The molecule has 2 aromatic heterocycles. The second kappa shape index (κ2) is 10.2. The number of nitrogens with zero attached hydrogens (tertiary/aromatic N) is 1. The Morgan fingerprint density at radius 1 is 0.914 bits per heavy atom. The predicted octanol–water partition coefficient (Wildman–Crippen LogP) is 4.42. The third-order valence-electron chi connectivity index (χ3n) is 6.13. The van der Waals surface area contributed by atoms with Crippen molar-refractivity contribution in [3.8, 4) is 0 Å². The van der Waals surface area contributed by atoms with E-state index in [4.69, 9.17) is 0 Å². The lowest BCUT2D eigenvalue weighted by Crippen LogP contribution is -2.48. The molecule has 2 heterocycles. The van der Waals surface area contributed by atoms with Gasteiger partial charge in [-0.1, -0.05) is 66.7 Å². The van der Waals surface area contributed by atoms with E-state index in [0.29, 0.717) is 18.5 Å². The Kier molecular flexibility index (Phi) is 6.52. The molecular weight excluding hydrogens is 436 g/mol. The first-order valence-corrected chi connectivity index (χ1v) is 11.7. The van der Waals surface area contributed by atoms with Crippen molar-refractivity contribution in [1.82, 2.24) is 20.6 Å². The van der Waals surface area contributed by atoms with Gasteiger partial charge >= 0.3 is 0 Å². The summed E-state index contributed by atoms with van der Waals surface area (Å²) >= 11 is 0. The van der Waals surface area contributed by atoms with Crippen LogP contribution in [0.25, 0.3) is 21.8 Å². The first-order chi connectivity index (χ1) is 17.2. The highest BCUT2D eigenvalue weighted by molar-refractivity contribution is 6.00. The highest BCUT2D eigenvalue weighted by Gasteiger charge is 2.23. The SMILES string of the molecule is O=C(N[C@H](Cc1c[nH]c2ccccc12)C(=O)NCCc1ccccc1)c1cnc2ccccc2c1. The largest absolute Gasteiger partial charge is 0.361 e. The van der Waals surface area contributed by atoms with Gasteiger partial charge < -0.3 is 15.6 Å². The van der Waals surface area contributed by atoms with Crippen molar-refractivity contribution in [1.29, 1.82) is 0 Å². The lowest BCUT2D eigenvalue weighted by Gasteiger charge is -2.19. The number of benzene rings is 3. The van der Waals surface area contributed by atoms with E-state index in [1.807, 2.05) is 85.1 Å². The van der Waals surface area contributed by atoms with E-state index < -0.39 is 6.04 Å². The standard InChI is InChI=1S/C29H26N4O2/c34-28(23-16-21-10-4-6-12-25(21)31-19-23)33-27(17-22-18-32-26-13-7-5-11-24(22)26)29(35)30-15-14-20-8-2-1-3-9-20/h1-13,16,18-19,27,32H,14-15,17H2,(H,30,35)(H,33,34)/t27-/m1/s1. The van der Waals surface area contributed by atoms with Crippen LogP contribution >= 0.6 is 0 Å². The maximum Gasteiger partial charge on any atom is 0.253 e. The van der Waals surface area contributed by atoms with Crippen LogP contribution in [0.2, 0.25) is 0 Å². The number of pyridine rings is 1. The van der Waals surface area contributed by atoms with Crippen molar-refractivity contribution in [2.24, 2.45) is 0 Å². The molecular formula is C29H26N4O2. The summed E-state index contributed by atoms with van der Waals surface area (Å²) in [6.07, 6.45) is 4.54. The first-order valence-electron chi connectivity index (χ1n) is 11.7. The van der Waals surface area contributed by atoms with Gasteiger partial charge in [0.05, 0.1) is 11.1 Å². The van der Waals surface area contributed by atoms with E-state index in [2.05, 4.69) is 20.6 Å². The van der Waals surface area contributed by atoms with Gasteiger partial charge in [-0.05, 0) is 35.7 Å². The molecule has 0 bridgehead atoms. The molecule has 0 aliphatic rings. The number of aromatic amines is 1. The molecule has 0 aliphatic carbocycles. The average molecular weight is 463 g/mol. The number of hydrogen-bond donors (Lipinski definition) is 3. The maximum absolute atomic E-state index is 13.2. The smallest absolute Gasteiger partial charge is 0.253 e. The van der Waals surface area contributed by atoms with Gasteiger partial charge in [0.15, 0.2) is 0 Å². The third kappa shape index (κ3) is 5.22. The van der Waals surface area contributed by atoms with Crippen molar-refractivity contribution in [2.45, 2.75) is 18.9 Å². The minimum Gasteiger partial charge on any atom is -0.361 e. The molecule has 3 N–H and O–H groups in total. The van der Waals surface area contributed by atoms with Crippen molar-refractivity contribution in [3.05, 3.63) is 114 Å². The molecule has 2 amide bonds. The van der Waals surface area contributed by atoms with Crippen molar-refractivity contribution in [2.75, 3.05) is 6.54 Å². The lowest BCUT2D eigenvalue weighted by molar-refractivity contribution is -0.122. The van der Waals surface area contributed by atoms with E-state index in [1.54, 1.807) is 12.3 Å². The molecule has 6 heteroatoms. The summed E-state index contributed by atoms with van der Waals surface area (Å²) < 4.78 is 0. The second-order valence-corrected chi connectivity index (χ2v) is 8.53. The van der Waals surface area contributed by atoms with Gasteiger partial charge in [0.2, 0.25) is 5.91 Å². The Hall–Kier alpha value is -4.45. The van der Waals surface area contributed by atoms with Gasteiger partial charge in [-0.25, -0.2) is 0 Å². The van der Waals surface area contributed by atoms with Gasteiger partial charge in [-0.3, -0.25) is 14.6 Å². The van der Waals surface area contributed by atoms with Crippen molar-refractivity contribution >= 4 is 33.6 Å². The minimum absolute atomic E-state index is 0.215. The number of carbonyl (C=O) groups excluding carboxylic acids is 2. The average Bonchev–Trinajstić information content (AvgIpc) is 3.31. The third-order valence-corrected chi connectivity index (χ3v) is 6.13. The highest BCUT2D eigenvalue weighted by Crippen LogP contribution is 2.20. The van der Waals surface area contributed by atoms with Crippen LogP contribution in [0.4, 0.5) is 0 Å². The molecule has 3 aromatic carbocycles. The van der Waals surface area contributed by atoms with Crippen LogP contribution in [0, 0.1) is 0 Å². The van der Waals surface area contributed by atoms with Gasteiger partial charge in [0, 0.05) is 41.6 Å². The summed E-state index contributed by atoms with van der Waals surface area (Å²) in [5.74, 6) is -0.542. The van der Waals surface area contributed by atoms with Gasteiger partial charge in [-0.2, -0.15) is 0 Å². The van der Waals surface area contributed by atoms with E-state index in [-0.39, 0.29) is 11.8 Å². The van der Waals surface area contributed by atoms with Crippen LogP contribution in [-0.4, -0.2) is 34.4 Å². The maximum atomic E-state index is 13.2. The zero-order valence-corrected chi connectivity index (χ0v) is 19.2. The number of hydrogen-bond acceptors (Lipinski definition) is 3. The first kappa shape index (κ1) is 22.3. The highest BCUT2D eigenvalue weighted by atomic mass is 16.2. The molecule has 174 valence electrons. The molecule has 35 heavy (non-hydrogen) atoms. The minimum atomic E-state index is -0.732. The number of rotatable bonds is 8. The molecule has 0 unspecified atom stereocenters. The molecule has 5 rings (SSSR count). The van der Waals surface area contributed by atoms with Crippen LogP contribution in [0.1, 0.15) is 21.5 Å². The summed E-state index contributed by atoms with van der Waals surface area (Å²) in [5.41, 5.74) is 4.35. The topological polar surface area (TPSA) is 86.9 Å². The van der Waals surface area contributed by atoms with Crippen molar-refractivity contribution < 1.29 is 9.59 Å². The molecule has 0 radical (unpaired) electrons. The molecule has 1 atom stereocenters. The fourth-order valence-corrected chi connectivity index (χ4v) is 4.26. The Balaban J connectivity index is 1.34. The monoisotopic (exact) mass is 462 g/mol.